The number of rotatable bonds is 6. The van der Waals surface area contributed by atoms with Crippen molar-refractivity contribution in [3.8, 4) is 11.3 Å². The standard InChI is InChI=1S/C24H17F3N4O3S/c25-24(26,27)23(32,19-11-28-20-10-15(31(33)34)8-9-18(19)20)13-29-22-30-21(12-35-22)17-7-3-5-14-4-1-2-6-16(14)17/h1-12,28,32H,13H2,(H,29,30). The molecule has 0 bridgehead atoms. The zero-order valence-corrected chi connectivity index (χ0v) is 18.7. The van der Waals surface area contributed by atoms with Crippen molar-refractivity contribution in [3.05, 3.63) is 87.9 Å². The van der Waals surface area contributed by atoms with Crippen LogP contribution in [0, 0.1) is 10.1 Å². The lowest BCUT2D eigenvalue weighted by Gasteiger charge is -2.30. The van der Waals surface area contributed by atoms with E-state index in [2.05, 4.69) is 15.3 Å². The molecule has 2 heterocycles. The zero-order valence-electron chi connectivity index (χ0n) is 17.8. The number of nitrogens with one attached hydrogen (secondary N) is 2. The van der Waals surface area contributed by atoms with Crippen LogP contribution in [0.2, 0.25) is 0 Å². The third-order valence-corrected chi connectivity index (χ3v) is 6.66. The van der Waals surface area contributed by atoms with E-state index in [1.165, 1.54) is 6.07 Å². The number of alkyl halides is 3. The molecule has 0 aliphatic rings. The van der Waals surface area contributed by atoms with Gasteiger partial charge in [0.15, 0.2) is 5.13 Å². The van der Waals surface area contributed by atoms with Crippen LogP contribution >= 0.6 is 11.3 Å². The van der Waals surface area contributed by atoms with Gasteiger partial charge >= 0.3 is 6.18 Å². The monoisotopic (exact) mass is 498 g/mol. The van der Waals surface area contributed by atoms with Crippen LogP contribution in [0.5, 0.6) is 0 Å². The van der Waals surface area contributed by atoms with Crippen LogP contribution in [-0.2, 0) is 5.60 Å². The molecule has 5 aromatic rings. The van der Waals surface area contributed by atoms with Crippen molar-refractivity contribution in [1.29, 1.82) is 0 Å². The molecule has 0 aliphatic carbocycles. The molecule has 3 aromatic carbocycles. The maximum atomic E-state index is 14.1. The Morgan fingerprint density at radius 3 is 2.63 bits per heavy atom. The van der Waals surface area contributed by atoms with Crippen molar-refractivity contribution in [1.82, 2.24) is 9.97 Å². The van der Waals surface area contributed by atoms with E-state index >= 15 is 0 Å². The van der Waals surface area contributed by atoms with Crippen LogP contribution in [-0.4, -0.2) is 32.7 Å². The first-order valence-corrected chi connectivity index (χ1v) is 11.3. The van der Waals surface area contributed by atoms with Crippen LogP contribution in [0.15, 0.2) is 72.2 Å². The number of thiazole rings is 1. The van der Waals surface area contributed by atoms with Gasteiger partial charge in [0, 0.05) is 40.2 Å². The molecule has 1 atom stereocenters. The van der Waals surface area contributed by atoms with Gasteiger partial charge in [-0.15, -0.1) is 11.3 Å². The minimum absolute atomic E-state index is 0.0350. The Bertz CT molecular complexity index is 1560. The number of hydrogen-bond donors (Lipinski definition) is 3. The fourth-order valence-corrected chi connectivity index (χ4v) is 4.76. The molecular weight excluding hydrogens is 481 g/mol. The van der Waals surface area contributed by atoms with Gasteiger partial charge in [0.05, 0.1) is 22.7 Å². The van der Waals surface area contributed by atoms with E-state index in [1.54, 1.807) is 5.38 Å². The maximum Gasteiger partial charge on any atom is 0.423 e. The lowest BCUT2D eigenvalue weighted by Crippen LogP contribution is -2.47. The molecule has 1 unspecified atom stereocenters. The molecule has 0 amide bonds. The third kappa shape index (κ3) is 3.98. The van der Waals surface area contributed by atoms with Crippen LogP contribution in [0.25, 0.3) is 32.9 Å². The van der Waals surface area contributed by atoms with Crippen molar-refractivity contribution >= 4 is 43.8 Å². The summed E-state index contributed by atoms with van der Waals surface area (Å²) >= 11 is 1.13. The van der Waals surface area contributed by atoms with E-state index in [-0.39, 0.29) is 21.7 Å². The fourth-order valence-electron chi connectivity index (χ4n) is 4.05. The van der Waals surface area contributed by atoms with E-state index in [0.29, 0.717) is 5.69 Å². The van der Waals surface area contributed by atoms with E-state index in [0.717, 1.165) is 46.0 Å². The van der Waals surface area contributed by atoms with Gasteiger partial charge in [-0.3, -0.25) is 10.1 Å². The Balaban J connectivity index is 1.46. The second-order valence-electron chi connectivity index (χ2n) is 7.97. The van der Waals surface area contributed by atoms with Crippen molar-refractivity contribution in [2.24, 2.45) is 0 Å². The van der Waals surface area contributed by atoms with Gasteiger partial charge in [0.1, 0.15) is 0 Å². The zero-order chi connectivity index (χ0) is 24.8. The normalized spacial score (nSPS) is 13.7. The fraction of sp³-hybridized carbons (Fsp3) is 0.125. The first-order valence-electron chi connectivity index (χ1n) is 10.4. The average molecular weight is 498 g/mol. The number of non-ortho nitro benzene ring substituents is 1. The Morgan fingerprint density at radius 1 is 1.09 bits per heavy atom. The predicted octanol–water partition coefficient (Wildman–Crippen LogP) is 6.21. The Labute approximate surface area is 200 Å². The number of fused-ring (bicyclic) bond motifs is 2. The van der Waals surface area contributed by atoms with Crippen molar-refractivity contribution in [2.45, 2.75) is 11.8 Å². The number of H-pyrrole nitrogens is 1. The molecule has 0 spiro atoms. The second kappa shape index (κ2) is 8.36. The summed E-state index contributed by atoms with van der Waals surface area (Å²) in [5.41, 5.74) is -2.42. The van der Waals surface area contributed by atoms with Crippen LogP contribution in [0.1, 0.15) is 5.56 Å². The Kier molecular flexibility index (Phi) is 5.45. The molecule has 5 rings (SSSR count). The Hall–Kier alpha value is -3.96. The SMILES string of the molecule is O=[N+]([O-])c1ccc2c(C(O)(CNc3nc(-c4cccc5ccccc45)cs3)C(F)(F)F)c[nH]c2c1. The average Bonchev–Trinajstić information content (AvgIpc) is 3.48. The molecule has 0 saturated heterocycles. The summed E-state index contributed by atoms with van der Waals surface area (Å²) in [6.45, 7) is -0.900. The molecule has 7 nitrogen and oxygen atoms in total. The maximum absolute atomic E-state index is 14.1. The van der Waals surface area contributed by atoms with Gasteiger partial charge in [-0.25, -0.2) is 4.98 Å². The molecule has 35 heavy (non-hydrogen) atoms. The highest BCUT2D eigenvalue weighted by molar-refractivity contribution is 7.14. The number of hydrogen-bond acceptors (Lipinski definition) is 6. The number of nitro benzene ring substituents is 1. The van der Waals surface area contributed by atoms with Crippen LogP contribution in [0.4, 0.5) is 24.0 Å². The predicted molar refractivity (Wildman–Crippen MR) is 128 cm³/mol. The molecule has 2 aromatic heterocycles. The topological polar surface area (TPSA) is 104 Å². The molecule has 178 valence electrons. The third-order valence-electron chi connectivity index (χ3n) is 5.86. The second-order valence-corrected chi connectivity index (χ2v) is 8.82. The summed E-state index contributed by atoms with van der Waals surface area (Å²) in [6, 6.07) is 16.9. The number of benzene rings is 3. The highest BCUT2D eigenvalue weighted by Gasteiger charge is 2.56. The lowest BCUT2D eigenvalue weighted by molar-refractivity contribution is -0.384. The van der Waals surface area contributed by atoms with Gasteiger partial charge < -0.3 is 15.4 Å². The summed E-state index contributed by atoms with van der Waals surface area (Å²) in [5, 5.41) is 28.4. The van der Waals surface area contributed by atoms with Gasteiger partial charge in [-0.05, 0) is 16.8 Å². The Morgan fingerprint density at radius 2 is 1.86 bits per heavy atom. The number of aromatic nitrogens is 2. The van der Waals surface area contributed by atoms with Crippen molar-refractivity contribution in [2.75, 3.05) is 11.9 Å². The lowest BCUT2D eigenvalue weighted by atomic mass is 9.92. The van der Waals surface area contributed by atoms with E-state index in [4.69, 9.17) is 0 Å². The molecule has 0 saturated carbocycles. The highest BCUT2D eigenvalue weighted by Crippen LogP contribution is 2.43. The molecular formula is C24H17F3N4O3S. The number of aromatic amines is 1. The summed E-state index contributed by atoms with van der Waals surface area (Å²) in [5.74, 6) is 0. The molecule has 3 N–H and O–H groups in total. The first-order chi connectivity index (χ1) is 16.7. The number of anilines is 1. The summed E-state index contributed by atoms with van der Waals surface area (Å²) < 4.78 is 42.4. The van der Waals surface area contributed by atoms with Gasteiger partial charge in [-0.2, -0.15) is 13.2 Å². The van der Waals surface area contributed by atoms with Gasteiger partial charge in [0.2, 0.25) is 5.60 Å². The van der Waals surface area contributed by atoms with E-state index in [1.807, 2.05) is 42.5 Å². The van der Waals surface area contributed by atoms with E-state index < -0.39 is 28.8 Å². The van der Waals surface area contributed by atoms with Crippen molar-refractivity contribution in [3.63, 3.8) is 0 Å². The molecule has 0 radical (unpaired) electrons. The number of nitro groups is 1. The van der Waals surface area contributed by atoms with Crippen LogP contribution < -0.4 is 5.32 Å². The van der Waals surface area contributed by atoms with Crippen molar-refractivity contribution < 1.29 is 23.2 Å². The minimum Gasteiger partial charge on any atom is -0.375 e. The smallest absolute Gasteiger partial charge is 0.375 e. The van der Waals surface area contributed by atoms with E-state index in [9.17, 15) is 28.4 Å². The number of aliphatic hydroxyl groups is 1. The molecule has 0 aliphatic heterocycles. The summed E-state index contributed by atoms with van der Waals surface area (Å²) in [4.78, 5) is 17.4. The molecule has 11 heteroatoms. The number of nitrogens with zero attached hydrogens (tertiary/aromatic N) is 2. The highest BCUT2D eigenvalue weighted by atomic mass is 32.1. The summed E-state index contributed by atoms with van der Waals surface area (Å²) in [6.07, 6.45) is -4.01. The number of halogens is 3. The van der Waals surface area contributed by atoms with Gasteiger partial charge in [-0.1, -0.05) is 42.5 Å². The van der Waals surface area contributed by atoms with Crippen LogP contribution in [0.3, 0.4) is 0 Å². The first kappa shape index (κ1) is 22.8. The largest absolute Gasteiger partial charge is 0.423 e. The molecule has 0 fully saturated rings. The minimum atomic E-state index is -5.04. The van der Waals surface area contributed by atoms with Gasteiger partial charge in [0.25, 0.3) is 5.69 Å². The quantitative estimate of drug-likeness (QED) is 0.191. The summed E-state index contributed by atoms with van der Waals surface area (Å²) in [7, 11) is 0.